The zero-order valence-electron chi connectivity index (χ0n) is 17.5. The number of ether oxygens (including phenoxy) is 4. The van der Waals surface area contributed by atoms with Crippen LogP contribution in [-0.4, -0.2) is 47.7 Å². The van der Waals surface area contributed by atoms with E-state index < -0.39 is 5.79 Å². The first-order chi connectivity index (χ1) is 13.0. The van der Waals surface area contributed by atoms with Crippen molar-refractivity contribution >= 4 is 0 Å². The topological polar surface area (TPSA) is 57.2 Å². The van der Waals surface area contributed by atoms with Crippen LogP contribution in [0.3, 0.4) is 0 Å². The van der Waals surface area contributed by atoms with Gasteiger partial charge in [-0.15, -0.1) is 0 Å². The van der Waals surface area contributed by atoms with Gasteiger partial charge < -0.3 is 24.1 Å². The molecule has 3 rings (SSSR count). The average Bonchev–Trinajstić information content (AvgIpc) is 3.29. The normalized spacial score (nSPS) is 36.2. The van der Waals surface area contributed by atoms with Gasteiger partial charge in [0, 0.05) is 6.42 Å². The van der Waals surface area contributed by atoms with Crippen molar-refractivity contribution in [2.75, 3.05) is 0 Å². The number of aliphatic hydroxyl groups excluding tert-OH is 1. The van der Waals surface area contributed by atoms with E-state index in [1.807, 2.05) is 13.8 Å². The molecule has 0 bridgehead atoms. The third-order valence-electron chi connectivity index (χ3n) is 6.19. The molecule has 0 aromatic heterocycles. The van der Waals surface area contributed by atoms with Gasteiger partial charge in [-0.3, -0.25) is 0 Å². The Morgan fingerprint density at radius 3 is 2.26 bits per heavy atom. The molecule has 1 N–H and O–H groups in total. The summed E-state index contributed by atoms with van der Waals surface area (Å²) in [5, 5.41) is 10.5. The van der Waals surface area contributed by atoms with E-state index in [0.717, 1.165) is 32.1 Å². The summed E-state index contributed by atoms with van der Waals surface area (Å²) < 4.78 is 23.9. The van der Waals surface area contributed by atoms with E-state index in [0.29, 0.717) is 0 Å². The summed E-state index contributed by atoms with van der Waals surface area (Å²) in [6.07, 6.45) is 13.3. The summed E-state index contributed by atoms with van der Waals surface area (Å²) in [7, 11) is 0. The lowest BCUT2D eigenvalue weighted by Gasteiger charge is -2.24. The quantitative estimate of drug-likeness (QED) is 0.524. The maximum absolute atomic E-state index is 10.5. The second kappa shape index (κ2) is 10.0. The number of hydrogen-bond donors (Lipinski definition) is 1. The molecule has 6 atom stereocenters. The van der Waals surface area contributed by atoms with Gasteiger partial charge in [0.2, 0.25) is 0 Å². The van der Waals surface area contributed by atoms with Crippen molar-refractivity contribution in [2.45, 2.75) is 140 Å². The second-order valence-corrected chi connectivity index (χ2v) is 9.07. The Morgan fingerprint density at radius 2 is 1.56 bits per heavy atom. The smallest absolute Gasteiger partial charge is 0.187 e. The summed E-state index contributed by atoms with van der Waals surface area (Å²) in [6.45, 7) is 6.10. The van der Waals surface area contributed by atoms with Crippen LogP contribution in [0.15, 0.2) is 0 Å². The van der Waals surface area contributed by atoms with Crippen LogP contribution < -0.4 is 0 Å². The Hall–Kier alpha value is -0.200. The number of rotatable bonds is 11. The van der Waals surface area contributed by atoms with Crippen LogP contribution in [0, 0.1) is 0 Å². The zero-order chi connectivity index (χ0) is 19.3. The number of unbranched alkanes of at least 4 members (excludes halogenated alkanes) is 7. The van der Waals surface area contributed by atoms with Crippen LogP contribution in [-0.2, 0) is 18.9 Å². The molecule has 0 radical (unpaired) electrons. The number of hydrogen-bond acceptors (Lipinski definition) is 5. The van der Waals surface area contributed by atoms with E-state index in [9.17, 15) is 5.11 Å². The van der Waals surface area contributed by atoms with E-state index in [2.05, 4.69) is 6.92 Å². The fourth-order valence-electron chi connectivity index (χ4n) is 4.69. The third kappa shape index (κ3) is 6.14. The Bertz CT molecular complexity index is 424. The summed E-state index contributed by atoms with van der Waals surface area (Å²) >= 11 is 0. The summed E-state index contributed by atoms with van der Waals surface area (Å²) in [5.74, 6) is -0.550. The Morgan fingerprint density at radius 1 is 0.852 bits per heavy atom. The highest BCUT2D eigenvalue weighted by Crippen LogP contribution is 2.40. The first-order valence-corrected chi connectivity index (χ1v) is 11.3. The minimum absolute atomic E-state index is 0.00917. The molecular weight excluding hydrogens is 344 g/mol. The summed E-state index contributed by atoms with van der Waals surface area (Å²) in [5.41, 5.74) is 0. The van der Waals surface area contributed by atoms with Crippen LogP contribution >= 0.6 is 0 Å². The van der Waals surface area contributed by atoms with Crippen molar-refractivity contribution in [1.82, 2.24) is 0 Å². The molecule has 5 nitrogen and oxygen atoms in total. The molecule has 3 aliphatic heterocycles. The van der Waals surface area contributed by atoms with Crippen molar-refractivity contribution in [3.8, 4) is 0 Å². The largest absolute Gasteiger partial charge is 0.390 e. The van der Waals surface area contributed by atoms with Gasteiger partial charge in [0.05, 0.1) is 24.4 Å². The molecule has 0 unspecified atom stereocenters. The molecule has 0 spiro atoms. The summed E-state index contributed by atoms with van der Waals surface area (Å²) in [6, 6.07) is 0. The number of aliphatic hydroxyl groups is 1. The molecule has 3 fully saturated rings. The SMILES string of the molecule is CCCCCCCCCC[C@@H](O)[C@H]1CC[C@H]([C@@H]2C[C@H]3OC(C)(C)O[C@H]3O2)O1. The van der Waals surface area contributed by atoms with Crippen LogP contribution in [0.25, 0.3) is 0 Å². The fourth-order valence-corrected chi connectivity index (χ4v) is 4.69. The molecule has 3 heterocycles. The van der Waals surface area contributed by atoms with Crippen LogP contribution in [0.2, 0.25) is 0 Å². The molecule has 0 aromatic rings. The monoisotopic (exact) mass is 384 g/mol. The van der Waals surface area contributed by atoms with E-state index in [1.54, 1.807) is 0 Å². The fraction of sp³-hybridized carbons (Fsp3) is 1.00. The van der Waals surface area contributed by atoms with E-state index in [-0.39, 0.29) is 36.8 Å². The van der Waals surface area contributed by atoms with Gasteiger partial charge in [0.1, 0.15) is 6.10 Å². The predicted molar refractivity (Wildman–Crippen MR) is 104 cm³/mol. The van der Waals surface area contributed by atoms with Crippen LogP contribution in [0.5, 0.6) is 0 Å². The van der Waals surface area contributed by atoms with Gasteiger partial charge in [-0.05, 0) is 33.1 Å². The first-order valence-electron chi connectivity index (χ1n) is 11.3. The first kappa shape index (κ1) is 21.5. The molecule has 0 aromatic carbocycles. The highest BCUT2D eigenvalue weighted by atomic mass is 16.8. The molecule has 0 saturated carbocycles. The van der Waals surface area contributed by atoms with Crippen molar-refractivity contribution in [1.29, 1.82) is 0 Å². The highest BCUT2D eigenvalue weighted by Gasteiger charge is 2.51. The van der Waals surface area contributed by atoms with Gasteiger partial charge in [-0.2, -0.15) is 0 Å². The Kier molecular flexibility index (Phi) is 7.98. The lowest BCUT2D eigenvalue weighted by Crippen LogP contribution is -2.33. The molecule has 3 aliphatic rings. The van der Waals surface area contributed by atoms with E-state index in [4.69, 9.17) is 18.9 Å². The minimum atomic E-state index is -0.550. The maximum Gasteiger partial charge on any atom is 0.187 e. The van der Waals surface area contributed by atoms with E-state index in [1.165, 1.54) is 44.9 Å². The van der Waals surface area contributed by atoms with E-state index >= 15 is 0 Å². The van der Waals surface area contributed by atoms with Crippen LogP contribution in [0.1, 0.15) is 97.8 Å². The Balaban J connectivity index is 1.27. The third-order valence-corrected chi connectivity index (χ3v) is 6.19. The number of fused-ring (bicyclic) bond motifs is 1. The standard InChI is InChI=1S/C22H40O5/c1-4-5-6-7-8-9-10-11-12-16(23)17-13-14-18(24-17)19-15-20-21(25-19)27-22(2,3)26-20/h16-21,23H,4-15H2,1-3H3/t16-,17-,18-,19+,20-,21-/m1/s1. The minimum Gasteiger partial charge on any atom is -0.390 e. The van der Waals surface area contributed by atoms with Crippen molar-refractivity contribution < 1.29 is 24.1 Å². The molecular formula is C22H40O5. The Labute approximate surface area is 165 Å². The predicted octanol–water partition coefficient (Wildman–Crippen LogP) is 4.69. The second-order valence-electron chi connectivity index (χ2n) is 9.07. The maximum atomic E-state index is 10.5. The van der Waals surface area contributed by atoms with Crippen molar-refractivity contribution in [3.05, 3.63) is 0 Å². The molecule has 0 aliphatic carbocycles. The van der Waals surface area contributed by atoms with Crippen molar-refractivity contribution in [3.63, 3.8) is 0 Å². The van der Waals surface area contributed by atoms with Gasteiger partial charge >= 0.3 is 0 Å². The molecule has 5 heteroatoms. The molecule has 158 valence electrons. The van der Waals surface area contributed by atoms with Gasteiger partial charge in [0.25, 0.3) is 0 Å². The lowest BCUT2D eigenvalue weighted by atomic mass is 10.0. The van der Waals surface area contributed by atoms with Crippen molar-refractivity contribution in [2.24, 2.45) is 0 Å². The molecule has 0 amide bonds. The van der Waals surface area contributed by atoms with Gasteiger partial charge in [-0.1, -0.05) is 58.3 Å². The summed E-state index contributed by atoms with van der Waals surface area (Å²) in [4.78, 5) is 0. The van der Waals surface area contributed by atoms with Crippen LogP contribution in [0.4, 0.5) is 0 Å². The molecule has 3 saturated heterocycles. The lowest BCUT2D eigenvalue weighted by molar-refractivity contribution is -0.217. The zero-order valence-corrected chi connectivity index (χ0v) is 17.5. The molecule has 27 heavy (non-hydrogen) atoms. The average molecular weight is 385 g/mol. The highest BCUT2D eigenvalue weighted by molar-refractivity contribution is 4.92. The van der Waals surface area contributed by atoms with Gasteiger partial charge in [-0.25, -0.2) is 0 Å². The van der Waals surface area contributed by atoms with Gasteiger partial charge in [0.15, 0.2) is 12.1 Å².